The molecule has 2 saturated heterocycles. The first-order valence-corrected chi connectivity index (χ1v) is 6.40. The zero-order chi connectivity index (χ0) is 11.3. The highest BCUT2D eigenvalue weighted by atomic mass is 16.3. The van der Waals surface area contributed by atoms with Gasteiger partial charge in [0, 0.05) is 12.6 Å². The van der Waals surface area contributed by atoms with E-state index in [1.807, 2.05) is 0 Å². The van der Waals surface area contributed by atoms with Gasteiger partial charge >= 0.3 is 0 Å². The highest BCUT2D eigenvalue weighted by Crippen LogP contribution is 2.44. The van der Waals surface area contributed by atoms with Crippen molar-refractivity contribution < 1.29 is 9.90 Å². The van der Waals surface area contributed by atoms with Gasteiger partial charge in [-0.25, -0.2) is 10.0 Å². The fourth-order valence-corrected chi connectivity index (χ4v) is 3.85. The summed E-state index contributed by atoms with van der Waals surface area (Å²) in [6.07, 6.45) is 5.00. The number of fused-ring (bicyclic) bond motifs is 2. The second kappa shape index (κ2) is 3.79. The van der Waals surface area contributed by atoms with Crippen LogP contribution in [0, 0.1) is 5.92 Å². The Hall–Kier alpha value is -0.450. The van der Waals surface area contributed by atoms with Crippen molar-refractivity contribution in [3.63, 3.8) is 0 Å². The smallest absolute Gasteiger partial charge is 0.138 e. The molecule has 0 radical (unpaired) electrons. The number of aliphatic hydroxyl groups is 1. The summed E-state index contributed by atoms with van der Waals surface area (Å²) >= 11 is 0. The van der Waals surface area contributed by atoms with E-state index < -0.39 is 0 Å². The van der Waals surface area contributed by atoms with Gasteiger partial charge in [-0.1, -0.05) is 0 Å². The Bertz CT molecular complexity index is 297. The average Bonchev–Trinajstić information content (AvgIpc) is 2.91. The van der Waals surface area contributed by atoms with E-state index in [9.17, 15) is 9.90 Å². The van der Waals surface area contributed by atoms with Gasteiger partial charge in [-0.05, 0) is 38.5 Å². The maximum atomic E-state index is 11.0. The monoisotopic (exact) mass is 224 g/mol. The van der Waals surface area contributed by atoms with Gasteiger partial charge in [0.1, 0.15) is 6.29 Å². The quantitative estimate of drug-likeness (QED) is 0.690. The average molecular weight is 224 g/mol. The van der Waals surface area contributed by atoms with Crippen LogP contribution in [0.25, 0.3) is 0 Å². The molecule has 2 bridgehead atoms. The minimum Gasteiger partial charge on any atom is -0.391 e. The molecule has 4 heteroatoms. The van der Waals surface area contributed by atoms with Gasteiger partial charge in [0.25, 0.3) is 0 Å². The lowest BCUT2D eigenvalue weighted by Gasteiger charge is -2.43. The van der Waals surface area contributed by atoms with Crippen LogP contribution in [0.4, 0.5) is 0 Å². The van der Waals surface area contributed by atoms with Crippen LogP contribution in [-0.4, -0.2) is 52.2 Å². The molecule has 4 nitrogen and oxygen atoms in total. The first kappa shape index (κ1) is 10.7. The van der Waals surface area contributed by atoms with E-state index in [4.69, 9.17) is 0 Å². The van der Waals surface area contributed by atoms with Crippen LogP contribution in [0.5, 0.6) is 0 Å². The van der Waals surface area contributed by atoms with Crippen molar-refractivity contribution >= 4 is 6.29 Å². The van der Waals surface area contributed by atoms with Gasteiger partial charge in [0.05, 0.1) is 18.2 Å². The Kier molecular flexibility index (Phi) is 2.53. The van der Waals surface area contributed by atoms with Gasteiger partial charge < -0.3 is 9.90 Å². The summed E-state index contributed by atoms with van der Waals surface area (Å²) in [5.74, 6) is 0.618. The van der Waals surface area contributed by atoms with Crippen LogP contribution in [0.2, 0.25) is 0 Å². The fraction of sp³-hybridized carbons (Fsp3) is 0.917. The van der Waals surface area contributed by atoms with Crippen molar-refractivity contribution in [2.45, 2.75) is 56.8 Å². The predicted molar refractivity (Wildman–Crippen MR) is 59.6 cm³/mol. The van der Waals surface area contributed by atoms with Crippen molar-refractivity contribution in [2.24, 2.45) is 5.92 Å². The molecule has 1 aliphatic carbocycles. The molecule has 3 rings (SSSR count). The zero-order valence-corrected chi connectivity index (χ0v) is 9.75. The summed E-state index contributed by atoms with van der Waals surface area (Å²) in [6, 6.07) is 0.809. The molecule has 90 valence electrons. The lowest BCUT2D eigenvalue weighted by atomic mass is 10.0. The summed E-state index contributed by atoms with van der Waals surface area (Å²) in [6.45, 7) is 3.21. The lowest BCUT2D eigenvalue weighted by Crippen LogP contribution is -2.57. The zero-order valence-electron chi connectivity index (χ0n) is 9.75. The Morgan fingerprint density at radius 1 is 1.38 bits per heavy atom. The molecule has 0 spiro atoms. The van der Waals surface area contributed by atoms with E-state index in [1.54, 1.807) is 0 Å². The van der Waals surface area contributed by atoms with E-state index in [2.05, 4.69) is 16.9 Å². The Balaban J connectivity index is 1.81. The van der Waals surface area contributed by atoms with E-state index >= 15 is 0 Å². The van der Waals surface area contributed by atoms with Crippen LogP contribution in [-0.2, 0) is 4.79 Å². The maximum Gasteiger partial charge on any atom is 0.138 e. The predicted octanol–water partition coefficient (Wildman–Crippen LogP) is 0.408. The van der Waals surface area contributed by atoms with E-state index in [1.165, 1.54) is 0 Å². The molecule has 0 aromatic rings. The lowest BCUT2D eigenvalue weighted by molar-refractivity contribution is -0.137. The van der Waals surface area contributed by atoms with Crippen LogP contribution in [0.3, 0.4) is 0 Å². The Morgan fingerprint density at radius 2 is 2.19 bits per heavy atom. The molecular formula is C12H20N2O2. The molecule has 2 aliphatic heterocycles. The first-order chi connectivity index (χ1) is 7.72. The van der Waals surface area contributed by atoms with Crippen molar-refractivity contribution in [2.75, 3.05) is 6.54 Å². The van der Waals surface area contributed by atoms with Crippen molar-refractivity contribution in [3.8, 4) is 0 Å². The molecule has 0 aromatic carbocycles. The number of nitrogens with zero attached hydrogens (tertiary/aromatic N) is 2. The normalized spacial score (nSPS) is 49.0. The summed E-state index contributed by atoms with van der Waals surface area (Å²) in [7, 11) is 0. The molecule has 2 heterocycles. The van der Waals surface area contributed by atoms with Crippen molar-refractivity contribution in [3.05, 3.63) is 0 Å². The third-order valence-corrected chi connectivity index (χ3v) is 4.70. The number of aliphatic hydroxyl groups excluding tert-OH is 1. The number of hydrazine groups is 1. The van der Waals surface area contributed by atoms with Crippen LogP contribution in [0.15, 0.2) is 0 Å². The molecule has 16 heavy (non-hydrogen) atoms. The number of hydrogen-bond donors (Lipinski definition) is 1. The fourth-order valence-electron chi connectivity index (χ4n) is 3.85. The molecule has 0 amide bonds. The Labute approximate surface area is 96.2 Å². The van der Waals surface area contributed by atoms with Gasteiger partial charge in [-0.15, -0.1) is 0 Å². The highest BCUT2D eigenvalue weighted by molar-refractivity contribution is 5.58. The highest BCUT2D eigenvalue weighted by Gasteiger charge is 2.52. The number of hydrogen-bond acceptors (Lipinski definition) is 4. The molecule has 1 N–H and O–H groups in total. The minimum atomic E-state index is -0.186. The summed E-state index contributed by atoms with van der Waals surface area (Å²) < 4.78 is 0. The Morgan fingerprint density at radius 3 is 2.88 bits per heavy atom. The van der Waals surface area contributed by atoms with Crippen LogP contribution >= 0.6 is 0 Å². The van der Waals surface area contributed by atoms with Crippen molar-refractivity contribution in [1.29, 1.82) is 0 Å². The third kappa shape index (κ3) is 1.36. The van der Waals surface area contributed by atoms with Gasteiger partial charge in [-0.2, -0.15) is 0 Å². The van der Waals surface area contributed by atoms with Gasteiger partial charge in [0.15, 0.2) is 0 Å². The second-order valence-corrected chi connectivity index (χ2v) is 5.50. The molecule has 5 atom stereocenters. The number of piperidine rings is 1. The van der Waals surface area contributed by atoms with E-state index in [0.717, 1.165) is 38.5 Å². The maximum absolute atomic E-state index is 11.0. The van der Waals surface area contributed by atoms with Crippen molar-refractivity contribution in [1.82, 2.24) is 10.0 Å². The van der Waals surface area contributed by atoms with Crippen LogP contribution < -0.4 is 0 Å². The first-order valence-electron chi connectivity index (χ1n) is 6.40. The molecule has 3 fully saturated rings. The van der Waals surface area contributed by atoms with Gasteiger partial charge in [0.2, 0.25) is 0 Å². The molecule has 0 aromatic heterocycles. The topological polar surface area (TPSA) is 43.8 Å². The summed E-state index contributed by atoms with van der Waals surface area (Å²) in [5.41, 5.74) is 0. The third-order valence-electron chi connectivity index (χ3n) is 4.70. The standard InChI is InChI=1S/C12H20N2O2/c1-8-9-5-11(12(16)6-9)14(8)13-4-2-3-10(13)7-15/h7-12,16H,2-6H2,1H3/t8?,9?,10-,11?,12?/m0/s1. The number of rotatable bonds is 2. The summed E-state index contributed by atoms with van der Waals surface area (Å²) in [4.78, 5) is 11.0. The molecule has 4 unspecified atom stereocenters. The number of aldehydes is 1. The second-order valence-electron chi connectivity index (χ2n) is 5.50. The van der Waals surface area contributed by atoms with Gasteiger partial charge in [-0.3, -0.25) is 0 Å². The SMILES string of the molecule is CC1C2CC(O)C(C2)N1N1CCC[C@H]1C=O. The number of carbonyl (C=O) groups is 1. The summed E-state index contributed by atoms with van der Waals surface area (Å²) in [5, 5.41) is 14.5. The molecule has 3 aliphatic rings. The molecule has 1 saturated carbocycles. The van der Waals surface area contributed by atoms with Crippen LogP contribution in [0.1, 0.15) is 32.6 Å². The van der Waals surface area contributed by atoms with E-state index in [0.29, 0.717) is 12.0 Å². The molecular weight excluding hydrogens is 204 g/mol. The number of carbonyl (C=O) groups excluding carboxylic acids is 1. The van der Waals surface area contributed by atoms with E-state index in [-0.39, 0.29) is 18.2 Å². The minimum absolute atomic E-state index is 0.0500. The largest absolute Gasteiger partial charge is 0.391 e.